The van der Waals surface area contributed by atoms with Crippen molar-refractivity contribution in [2.24, 2.45) is 0 Å². The Bertz CT molecular complexity index is 792. The number of aromatic nitrogens is 1. The molecule has 3 nitrogen and oxygen atoms in total. The van der Waals surface area contributed by atoms with Crippen LogP contribution in [0.4, 0.5) is 0 Å². The molecule has 0 bridgehead atoms. The van der Waals surface area contributed by atoms with E-state index in [4.69, 9.17) is 4.74 Å². The van der Waals surface area contributed by atoms with Gasteiger partial charge in [0.2, 0.25) is 0 Å². The zero-order valence-electron chi connectivity index (χ0n) is 10.8. The van der Waals surface area contributed by atoms with Crippen molar-refractivity contribution < 1.29 is 9.53 Å². The minimum Gasteiger partial charge on any atom is -0.496 e. The summed E-state index contributed by atoms with van der Waals surface area (Å²) in [6.45, 7) is 0. The lowest BCUT2D eigenvalue weighted by Crippen LogP contribution is -2.03. The van der Waals surface area contributed by atoms with E-state index in [-0.39, 0.29) is 5.78 Å². The molecule has 0 fully saturated rings. The molecular weight excluding hydrogens is 318 g/mol. The molecule has 3 rings (SSSR count). The van der Waals surface area contributed by atoms with Crippen molar-refractivity contribution in [2.75, 3.05) is 7.11 Å². The van der Waals surface area contributed by atoms with Crippen LogP contribution in [0.15, 0.2) is 53.1 Å². The van der Waals surface area contributed by atoms with Crippen LogP contribution in [-0.4, -0.2) is 17.9 Å². The molecule has 0 atom stereocenters. The molecule has 0 aliphatic carbocycles. The first kappa shape index (κ1) is 12.9. The number of para-hydroxylation sites is 1. The number of fused-ring (bicyclic) bond motifs is 1. The number of rotatable bonds is 3. The Morgan fingerprint density at radius 1 is 1.15 bits per heavy atom. The highest BCUT2D eigenvalue weighted by Crippen LogP contribution is 2.27. The van der Waals surface area contributed by atoms with E-state index in [2.05, 4.69) is 20.9 Å². The first-order chi connectivity index (χ1) is 9.70. The maximum Gasteiger partial charge on any atom is 0.198 e. The molecule has 0 amide bonds. The molecule has 0 spiro atoms. The van der Waals surface area contributed by atoms with Gasteiger partial charge in [-0.15, -0.1) is 0 Å². The number of benzene rings is 2. The lowest BCUT2D eigenvalue weighted by atomic mass is 10.0. The number of halogens is 1. The number of carbonyl (C=O) groups excluding carboxylic acids is 1. The summed E-state index contributed by atoms with van der Waals surface area (Å²) in [6.07, 6.45) is 1.74. The van der Waals surface area contributed by atoms with Crippen LogP contribution >= 0.6 is 15.9 Å². The van der Waals surface area contributed by atoms with Gasteiger partial charge in [0.25, 0.3) is 0 Å². The number of methoxy groups -OCH3 is 1. The molecule has 1 aromatic heterocycles. The van der Waals surface area contributed by atoms with Crippen molar-refractivity contribution in [2.45, 2.75) is 0 Å². The average Bonchev–Trinajstić information content (AvgIpc) is 2.89. The second kappa shape index (κ2) is 5.13. The second-order valence-corrected chi connectivity index (χ2v) is 5.34. The molecule has 2 aromatic carbocycles. The Labute approximate surface area is 124 Å². The van der Waals surface area contributed by atoms with Crippen molar-refractivity contribution in [1.82, 2.24) is 4.98 Å². The van der Waals surface area contributed by atoms with Crippen molar-refractivity contribution in [3.63, 3.8) is 0 Å². The molecule has 20 heavy (non-hydrogen) atoms. The second-order valence-electron chi connectivity index (χ2n) is 4.42. The van der Waals surface area contributed by atoms with Gasteiger partial charge in [-0.2, -0.15) is 0 Å². The third kappa shape index (κ3) is 2.12. The van der Waals surface area contributed by atoms with Crippen molar-refractivity contribution in [3.8, 4) is 5.75 Å². The number of hydrogen-bond acceptors (Lipinski definition) is 2. The molecule has 100 valence electrons. The van der Waals surface area contributed by atoms with Gasteiger partial charge in [-0.25, -0.2) is 0 Å². The molecule has 3 aromatic rings. The molecule has 0 saturated carbocycles. The van der Waals surface area contributed by atoms with Crippen LogP contribution in [-0.2, 0) is 0 Å². The molecule has 0 radical (unpaired) electrons. The van der Waals surface area contributed by atoms with Crippen LogP contribution in [0.5, 0.6) is 5.75 Å². The molecule has 1 N–H and O–H groups in total. The zero-order chi connectivity index (χ0) is 14.1. The van der Waals surface area contributed by atoms with E-state index in [1.807, 2.05) is 30.3 Å². The number of nitrogens with one attached hydrogen (secondary N) is 1. The van der Waals surface area contributed by atoms with Gasteiger partial charge in [0.1, 0.15) is 5.75 Å². The molecule has 0 aliphatic heterocycles. The predicted octanol–water partition coefficient (Wildman–Crippen LogP) is 4.17. The van der Waals surface area contributed by atoms with Crippen LogP contribution in [0.2, 0.25) is 0 Å². The number of aromatic amines is 1. The fourth-order valence-electron chi connectivity index (χ4n) is 2.26. The SMILES string of the molecule is COc1ccccc1C(=O)c1c[nH]c2ccc(Br)cc12. The quantitative estimate of drug-likeness (QED) is 0.733. The Hall–Kier alpha value is -2.07. The van der Waals surface area contributed by atoms with Gasteiger partial charge >= 0.3 is 0 Å². The Morgan fingerprint density at radius 3 is 2.75 bits per heavy atom. The number of ketones is 1. The smallest absolute Gasteiger partial charge is 0.198 e. The average molecular weight is 330 g/mol. The van der Waals surface area contributed by atoms with E-state index in [0.717, 1.165) is 15.4 Å². The predicted molar refractivity (Wildman–Crippen MR) is 82.4 cm³/mol. The maximum atomic E-state index is 12.7. The van der Waals surface area contributed by atoms with E-state index in [0.29, 0.717) is 16.9 Å². The molecular formula is C16H12BrNO2. The van der Waals surface area contributed by atoms with Crippen LogP contribution in [0.25, 0.3) is 10.9 Å². The summed E-state index contributed by atoms with van der Waals surface area (Å²) in [4.78, 5) is 15.8. The fraction of sp³-hybridized carbons (Fsp3) is 0.0625. The normalized spacial score (nSPS) is 10.7. The third-order valence-electron chi connectivity index (χ3n) is 3.24. The van der Waals surface area contributed by atoms with Crippen molar-refractivity contribution in [3.05, 3.63) is 64.3 Å². The highest BCUT2D eigenvalue weighted by atomic mass is 79.9. The largest absolute Gasteiger partial charge is 0.496 e. The molecule has 1 heterocycles. The lowest BCUT2D eigenvalue weighted by Gasteiger charge is -2.06. The van der Waals surface area contributed by atoms with Gasteiger partial charge in [-0.3, -0.25) is 4.79 Å². The zero-order valence-corrected chi connectivity index (χ0v) is 12.4. The van der Waals surface area contributed by atoms with Gasteiger partial charge in [-0.1, -0.05) is 28.1 Å². The summed E-state index contributed by atoms with van der Waals surface area (Å²) < 4.78 is 6.20. The lowest BCUT2D eigenvalue weighted by molar-refractivity contribution is 0.103. The maximum absolute atomic E-state index is 12.7. The first-order valence-corrected chi connectivity index (χ1v) is 6.94. The molecule has 0 aliphatic rings. The van der Waals surface area contributed by atoms with E-state index in [1.165, 1.54) is 0 Å². The highest BCUT2D eigenvalue weighted by Gasteiger charge is 2.17. The summed E-state index contributed by atoms with van der Waals surface area (Å²) in [5.41, 5.74) is 2.15. The number of hydrogen-bond donors (Lipinski definition) is 1. The summed E-state index contributed by atoms with van der Waals surface area (Å²) in [5.74, 6) is 0.536. The van der Waals surface area contributed by atoms with Gasteiger partial charge in [0, 0.05) is 27.1 Å². The fourth-order valence-corrected chi connectivity index (χ4v) is 2.62. The highest BCUT2D eigenvalue weighted by molar-refractivity contribution is 9.10. The summed E-state index contributed by atoms with van der Waals surface area (Å²) in [6, 6.07) is 13.1. The van der Waals surface area contributed by atoms with Gasteiger partial charge in [0.05, 0.1) is 12.7 Å². The van der Waals surface area contributed by atoms with Gasteiger partial charge < -0.3 is 9.72 Å². The molecule has 0 saturated heterocycles. The van der Waals surface area contributed by atoms with E-state index >= 15 is 0 Å². The number of H-pyrrole nitrogens is 1. The Morgan fingerprint density at radius 2 is 1.95 bits per heavy atom. The van der Waals surface area contributed by atoms with Gasteiger partial charge in [-0.05, 0) is 30.3 Å². The van der Waals surface area contributed by atoms with Crippen LogP contribution in [0.3, 0.4) is 0 Å². The summed E-state index contributed by atoms with van der Waals surface area (Å²) >= 11 is 3.43. The first-order valence-electron chi connectivity index (χ1n) is 6.15. The molecule has 4 heteroatoms. The summed E-state index contributed by atoms with van der Waals surface area (Å²) in [5, 5.41) is 0.898. The van der Waals surface area contributed by atoms with E-state index in [1.54, 1.807) is 25.4 Å². The van der Waals surface area contributed by atoms with Crippen LogP contribution in [0.1, 0.15) is 15.9 Å². The van der Waals surface area contributed by atoms with E-state index < -0.39 is 0 Å². The third-order valence-corrected chi connectivity index (χ3v) is 3.73. The van der Waals surface area contributed by atoms with Crippen molar-refractivity contribution in [1.29, 1.82) is 0 Å². The number of ether oxygens (including phenoxy) is 1. The summed E-state index contributed by atoms with van der Waals surface area (Å²) in [7, 11) is 1.57. The minimum atomic E-state index is -0.0493. The van der Waals surface area contributed by atoms with Crippen LogP contribution in [0, 0.1) is 0 Å². The Balaban J connectivity index is 2.15. The van der Waals surface area contributed by atoms with E-state index in [9.17, 15) is 4.79 Å². The molecule has 0 unspecified atom stereocenters. The standard InChI is InChI=1S/C16H12BrNO2/c1-20-15-5-3-2-4-11(15)16(19)13-9-18-14-7-6-10(17)8-12(13)14/h2-9,18H,1H3. The topological polar surface area (TPSA) is 42.1 Å². The van der Waals surface area contributed by atoms with Crippen molar-refractivity contribution >= 4 is 32.6 Å². The Kier molecular flexibility index (Phi) is 3.32. The number of carbonyl (C=O) groups is 1. The van der Waals surface area contributed by atoms with Gasteiger partial charge in [0.15, 0.2) is 5.78 Å². The minimum absolute atomic E-state index is 0.0493. The van der Waals surface area contributed by atoms with Crippen LogP contribution < -0.4 is 4.74 Å². The monoisotopic (exact) mass is 329 g/mol.